The largest absolute Gasteiger partial charge is 0.477 e. The van der Waals surface area contributed by atoms with Crippen molar-refractivity contribution in [3.63, 3.8) is 0 Å². The number of nitrogens with one attached hydrogen (secondary N) is 1. The van der Waals surface area contributed by atoms with Gasteiger partial charge in [0.2, 0.25) is 0 Å². The van der Waals surface area contributed by atoms with Gasteiger partial charge in [0.1, 0.15) is 6.34 Å². The average molecular weight is 195 g/mol. The van der Waals surface area contributed by atoms with Gasteiger partial charge in [0.25, 0.3) is 0 Å². The van der Waals surface area contributed by atoms with Crippen molar-refractivity contribution in [3.8, 4) is 0 Å². The van der Waals surface area contributed by atoms with E-state index in [1.807, 2.05) is 0 Å². The van der Waals surface area contributed by atoms with Crippen molar-refractivity contribution in [1.82, 2.24) is 10.5 Å². The summed E-state index contributed by atoms with van der Waals surface area (Å²) in [5.41, 5.74) is 2.58. The maximum atomic E-state index is 10.7. The Kier molecular flexibility index (Phi) is 3.14. The van der Waals surface area contributed by atoms with Crippen molar-refractivity contribution in [2.24, 2.45) is 4.99 Å². The zero-order valence-electron chi connectivity index (χ0n) is 7.43. The number of hydrogen-bond donors (Lipinski definition) is 3. The van der Waals surface area contributed by atoms with Crippen molar-refractivity contribution in [1.29, 1.82) is 0 Å². The van der Waals surface area contributed by atoms with Gasteiger partial charge in [0.15, 0.2) is 5.69 Å². The quantitative estimate of drug-likeness (QED) is 0.375. The second-order valence-corrected chi connectivity index (χ2v) is 2.50. The van der Waals surface area contributed by atoms with Gasteiger partial charge in [-0.15, -0.1) is 0 Å². The molecular formula is C8H9N3O3. The minimum absolute atomic E-state index is 0.0439. The van der Waals surface area contributed by atoms with Gasteiger partial charge in [-0.05, 0) is 13.0 Å². The molecule has 0 saturated heterocycles. The van der Waals surface area contributed by atoms with Gasteiger partial charge in [-0.25, -0.2) is 14.8 Å². The summed E-state index contributed by atoms with van der Waals surface area (Å²) < 4.78 is 0. The number of carboxylic acids is 1. The van der Waals surface area contributed by atoms with Crippen molar-refractivity contribution in [2.75, 3.05) is 0 Å². The van der Waals surface area contributed by atoms with Crippen LogP contribution in [0.15, 0.2) is 17.3 Å². The van der Waals surface area contributed by atoms with Crippen LogP contribution >= 0.6 is 0 Å². The lowest BCUT2D eigenvalue weighted by Crippen LogP contribution is -2.04. The van der Waals surface area contributed by atoms with E-state index in [4.69, 9.17) is 10.3 Å². The fourth-order valence-electron chi connectivity index (χ4n) is 0.979. The van der Waals surface area contributed by atoms with Crippen molar-refractivity contribution in [2.45, 2.75) is 6.92 Å². The summed E-state index contributed by atoms with van der Waals surface area (Å²) in [6.07, 6.45) is 2.40. The predicted molar refractivity (Wildman–Crippen MR) is 49.0 cm³/mol. The fraction of sp³-hybridized carbons (Fsp3) is 0.125. The Morgan fingerprint density at radius 1 is 1.71 bits per heavy atom. The summed E-state index contributed by atoms with van der Waals surface area (Å²) in [5, 5.41) is 17.0. The summed E-state index contributed by atoms with van der Waals surface area (Å²) >= 11 is 0. The summed E-state index contributed by atoms with van der Waals surface area (Å²) in [6.45, 7) is 1.60. The van der Waals surface area contributed by atoms with Gasteiger partial charge in [-0.3, -0.25) is 10.7 Å². The average Bonchev–Trinajstić information content (AvgIpc) is 2.16. The third-order valence-corrected chi connectivity index (χ3v) is 1.64. The number of carboxylic acid groups (broad SMARTS) is 1. The highest BCUT2D eigenvalue weighted by molar-refractivity contribution is 5.88. The van der Waals surface area contributed by atoms with Crippen LogP contribution in [0.25, 0.3) is 0 Å². The topological polar surface area (TPSA) is 94.8 Å². The number of rotatable bonds is 3. The van der Waals surface area contributed by atoms with E-state index < -0.39 is 5.97 Å². The SMILES string of the molecule is Cc1c(N=CNO)ccnc1C(=O)O. The van der Waals surface area contributed by atoms with Crippen LogP contribution in [-0.4, -0.2) is 27.6 Å². The summed E-state index contributed by atoms with van der Waals surface area (Å²) in [7, 11) is 0. The van der Waals surface area contributed by atoms with Gasteiger partial charge >= 0.3 is 5.97 Å². The number of aromatic nitrogens is 1. The minimum atomic E-state index is -1.10. The van der Waals surface area contributed by atoms with Gasteiger partial charge in [0, 0.05) is 11.8 Å². The first-order valence-electron chi connectivity index (χ1n) is 3.78. The third-order valence-electron chi connectivity index (χ3n) is 1.64. The smallest absolute Gasteiger partial charge is 0.354 e. The van der Waals surface area contributed by atoms with E-state index in [-0.39, 0.29) is 5.69 Å². The molecule has 6 heteroatoms. The number of aromatic carboxylic acids is 1. The number of nitrogens with zero attached hydrogens (tertiary/aromatic N) is 2. The highest BCUT2D eigenvalue weighted by Crippen LogP contribution is 2.19. The molecule has 0 fully saturated rings. The van der Waals surface area contributed by atoms with E-state index in [0.29, 0.717) is 11.3 Å². The maximum Gasteiger partial charge on any atom is 0.354 e. The van der Waals surface area contributed by atoms with Crippen LogP contribution in [0.1, 0.15) is 16.1 Å². The number of hydroxylamine groups is 1. The van der Waals surface area contributed by atoms with Crippen LogP contribution in [0.2, 0.25) is 0 Å². The Morgan fingerprint density at radius 2 is 2.43 bits per heavy atom. The first kappa shape index (κ1) is 10.1. The Morgan fingerprint density at radius 3 is 3.00 bits per heavy atom. The van der Waals surface area contributed by atoms with E-state index in [2.05, 4.69) is 9.98 Å². The third kappa shape index (κ3) is 2.05. The molecule has 0 unspecified atom stereocenters. The van der Waals surface area contributed by atoms with Crippen LogP contribution in [-0.2, 0) is 0 Å². The second kappa shape index (κ2) is 4.33. The van der Waals surface area contributed by atoms with Crippen molar-refractivity contribution < 1.29 is 15.1 Å². The molecule has 14 heavy (non-hydrogen) atoms. The lowest BCUT2D eigenvalue weighted by Gasteiger charge is -2.02. The molecule has 0 atom stereocenters. The van der Waals surface area contributed by atoms with E-state index in [1.54, 1.807) is 18.5 Å². The molecule has 0 bridgehead atoms. The molecule has 6 nitrogen and oxygen atoms in total. The standard InChI is InChI=1S/C8H9N3O3/c1-5-6(10-4-11-14)2-3-9-7(5)8(12)13/h2-4,14H,1H3,(H,12,13)(H,9,10,11). The predicted octanol–water partition coefficient (Wildman–Crippen LogP) is 0.727. The molecule has 0 aromatic carbocycles. The zero-order chi connectivity index (χ0) is 10.6. The van der Waals surface area contributed by atoms with Gasteiger partial charge in [-0.2, -0.15) is 0 Å². The maximum absolute atomic E-state index is 10.7. The summed E-state index contributed by atoms with van der Waals surface area (Å²) in [5.74, 6) is -1.10. The minimum Gasteiger partial charge on any atom is -0.477 e. The molecule has 0 amide bonds. The second-order valence-electron chi connectivity index (χ2n) is 2.50. The first-order valence-corrected chi connectivity index (χ1v) is 3.78. The first-order chi connectivity index (χ1) is 6.66. The van der Waals surface area contributed by atoms with Crippen LogP contribution in [0.4, 0.5) is 5.69 Å². The molecule has 1 heterocycles. The van der Waals surface area contributed by atoms with E-state index in [0.717, 1.165) is 6.34 Å². The molecule has 0 aliphatic rings. The molecule has 1 rings (SSSR count). The van der Waals surface area contributed by atoms with Gasteiger partial charge < -0.3 is 5.11 Å². The van der Waals surface area contributed by atoms with Crippen molar-refractivity contribution >= 4 is 18.0 Å². The molecule has 0 spiro atoms. The Labute approximate surface area is 79.9 Å². The van der Waals surface area contributed by atoms with E-state index in [9.17, 15) is 4.79 Å². The molecule has 3 N–H and O–H groups in total. The normalized spacial score (nSPS) is 10.4. The highest BCUT2D eigenvalue weighted by Gasteiger charge is 2.10. The lowest BCUT2D eigenvalue weighted by atomic mass is 10.2. The Bertz CT molecular complexity index is 376. The number of aliphatic imine (C=N–C) groups is 1. The molecule has 0 aliphatic carbocycles. The molecule has 74 valence electrons. The van der Waals surface area contributed by atoms with E-state index >= 15 is 0 Å². The van der Waals surface area contributed by atoms with E-state index in [1.165, 1.54) is 6.20 Å². The van der Waals surface area contributed by atoms with Gasteiger partial charge in [-0.1, -0.05) is 0 Å². The van der Waals surface area contributed by atoms with Crippen LogP contribution < -0.4 is 5.48 Å². The number of hydrogen-bond acceptors (Lipinski definition) is 4. The number of carbonyl (C=O) groups is 1. The monoisotopic (exact) mass is 195 g/mol. The molecular weight excluding hydrogens is 186 g/mol. The highest BCUT2D eigenvalue weighted by atomic mass is 16.5. The Hall–Kier alpha value is -1.95. The van der Waals surface area contributed by atoms with Crippen LogP contribution in [0, 0.1) is 6.92 Å². The molecule has 1 aromatic heterocycles. The van der Waals surface area contributed by atoms with Crippen LogP contribution in [0.3, 0.4) is 0 Å². The van der Waals surface area contributed by atoms with Crippen LogP contribution in [0.5, 0.6) is 0 Å². The number of pyridine rings is 1. The molecule has 0 saturated carbocycles. The molecule has 0 aliphatic heterocycles. The molecule has 0 radical (unpaired) electrons. The molecule has 1 aromatic rings. The van der Waals surface area contributed by atoms with Gasteiger partial charge in [0.05, 0.1) is 5.69 Å². The summed E-state index contributed by atoms with van der Waals surface area (Å²) in [4.78, 5) is 18.1. The lowest BCUT2D eigenvalue weighted by molar-refractivity contribution is 0.0689. The fourth-order valence-corrected chi connectivity index (χ4v) is 0.979. The summed E-state index contributed by atoms with van der Waals surface area (Å²) in [6, 6.07) is 1.55. The zero-order valence-corrected chi connectivity index (χ0v) is 7.43. The Balaban J connectivity index is 3.14. The van der Waals surface area contributed by atoms with Crippen molar-refractivity contribution in [3.05, 3.63) is 23.5 Å².